The van der Waals surface area contributed by atoms with Crippen molar-refractivity contribution < 1.29 is 17.9 Å². The molecule has 2 heterocycles. The van der Waals surface area contributed by atoms with Crippen molar-refractivity contribution in [3.8, 4) is 5.75 Å². The molecule has 2 aromatic rings. The number of methoxy groups -OCH3 is 1. The van der Waals surface area contributed by atoms with Crippen LogP contribution < -0.4 is 9.88 Å². The second kappa shape index (κ2) is 6.92. The van der Waals surface area contributed by atoms with E-state index in [9.17, 15) is 8.42 Å². The van der Waals surface area contributed by atoms with Crippen molar-refractivity contribution in [2.75, 3.05) is 13.7 Å². The number of hydrogen-bond donors (Lipinski definition) is 1. The van der Waals surface area contributed by atoms with Gasteiger partial charge in [0.05, 0.1) is 12.8 Å². The molecule has 0 saturated carbocycles. The standard InChI is InChI=1S/C16H21N3O4S/c1-22-14-7-5-12(6-8-14)10-13-11-16(24(17,20)21)19(18-13)15-4-2-3-9-23-15/h5-8,11,15H,2-4,9-10H2,1H3,(H2,17,20,21). The first-order chi connectivity index (χ1) is 11.5. The zero-order valence-corrected chi connectivity index (χ0v) is 14.3. The van der Waals surface area contributed by atoms with Crippen LogP contribution in [0.4, 0.5) is 0 Å². The first kappa shape index (κ1) is 16.9. The molecular weight excluding hydrogens is 330 g/mol. The summed E-state index contributed by atoms with van der Waals surface area (Å²) in [5.74, 6) is 0.769. The Morgan fingerprint density at radius 1 is 1.33 bits per heavy atom. The SMILES string of the molecule is COc1ccc(Cc2cc(S(N)(=O)=O)n(C3CCCCO3)n2)cc1. The maximum absolute atomic E-state index is 11.9. The maximum Gasteiger partial charge on any atom is 0.255 e. The van der Waals surface area contributed by atoms with E-state index in [1.807, 2.05) is 24.3 Å². The topological polar surface area (TPSA) is 96.4 Å². The van der Waals surface area contributed by atoms with Gasteiger partial charge < -0.3 is 9.47 Å². The molecule has 0 amide bonds. The summed E-state index contributed by atoms with van der Waals surface area (Å²) in [6.45, 7) is 0.600. The van der Waals surface area contributed by atoms with Crippen LogP contribution in [0.5, 0.6) is 5.75 Å². The molecule has 1 fully saturated rings. The first-order valence-corrected chi connectivity index (χ1v) is 9.38. The Balaban J connectivity index is 1.89. The predicted octanol–water partition coefficient (Wildman–Crippen LogP) is 1.83. The lowest BCUT2D eigenvalue weighted by atomic mass is 10.1. The molecule has 3 rings (SSSR count). The maximum atomic E-state index is 11.9. The van der Waals surface area contributed by atoms with Crippen molar-refractivity contribution in [1.29, 1.82) is 0 Å². The molecular formula is C16H21N3O4S. The zero-order valence-electron chi connectivity index (χ0n) is 13.5. The monoisotopic (exact) mass is 351 g/mol. The van der Waals surface area contributed by atoms with Crippen LogP contribution in [0.2, 0.25) is 0 Å². The highest BCUT2D eigenvalue weighted by Crippen LogP contribution is 2.26. The van der Waals surface area contributed by atoms with E-state index in [-0.39, 0.29) is 11.3 Å². The van der Waals surface area contributed by atoms with Gasteiger partial charge in [-0.2, -0.15) is 5.10 Å². The molecule has 0 bridgehead atoms. The quantitative estimate of drug-likeness (QED) is 0.886. The average molecular weight is 351 g/mol. The van der Waals surface area contributed by atoms with Crippen molar-refractivity contribution in [1.82, 2.24) is 9.78 Å². The number of benzene rings is 1. The van der Waals surface area contributed by atoms with Gasteiger partial charge in [0.25, 0.3) is 10.0 Å². The van der Waals surface area contributed by atoms with Gasteiger partial charge in [0, 0.05) is 19.1 Å². The summed E-state index contributed by atoms with van der Waals surface area (Å²) in [5.41, 5.74) is 1.64. The predicted molar refractivity (Wildman–Crippen MR) is 88.2 cm³/mol. The Kier molecular flexibility index (Phi) is 4.88. The summed E-state index contributed by atoms with van der Waals surface area (Å²) in [7, 11) is -2.25. The summed E-state index contributed by atoms with van der Waals surface area (Å²) >= 11 is 0. The number of primary sulfonamides is 1. The molecule has 1 aromatic heterocycles. The molecule has 130 valence electrons. The minimum Gasteiger partial charge on any atom is -0.497 e. The van der Waals surface area contributed by atoms with Gasteiger partial charge in [-0.3, -0.25) is 0 Å². The highest BCUT2D eigenvalue weighted by atomic mass is 32.2. The van der Waals surface area contributed by atoms with Gasteiger partial charge in [0.2, 0.25) is 0 Å². The van der Waals surface area contributed by atoms with E-state index in [0.29, 0.717) is 18.7 Å². The lowest BCUT2D eigenvalue weighted by Crippen LogP contribution is -2.25. The van der Waals surface area contributed by atoms with E-state index in [1.54, 1.807) is 7.11 Å². The summed E-state index contributed by atoms with van der Waals surface area (Å²) in [6.07, 6.45) is 2.80. The van der Waals surface area contributed by atoms with Gasteiger partial charge in [-0.05, 0) is 37.0 Å². The number of ether oxygens (including phenoxy) is 2. The van der Waals surface area contributed by atoms with Gasteiger partial charge in [-0.25, -0.2) is 18.2 Å². The Bertz CT molecular complexity index is 793. The number of hydrogen-bond acceptors (Lipinski definition) is 5. The van der Waals surface area contributed by atoms with Crippen LogP contribution in [0.1, 0.15) is 36.7 Å². The van der Waals surface area contributed by atoms with Crippen LogP contribution in [-0.4, -0.2) is 31.9 Å². The van der Waals surface area contributed by atoms with Crippen molar-refractivity contribution in [2.45, 2.75) is 36.9 Å². The third kappa shape index (κ3) is 3.77. The summed E-state index contributed by atoms with van der Waals surface area (Å²) < 4.78 is 36.0. The number of aromatic nitrogens is 2. The number of sulfonamides is 1. The van der Waals surface area contributed by atoms with E-state index in [2.05, 4.69) is 5.10 Å². The minimum atomic E-state index is -3.86. The van der Waals surface area contributed by atoms with Gasteiger partial charge in [-0.15, -0.1) is 0 Å². The van der Waals surface area contributed by atoms with Crippen molar-refractivity contribution in [2.24, 2.45) is 5.14 Å². The van der Waals surface area contributed by atoms with Gasteiger partial charge in [-0.1, -0.05) is 12.1 Å². The van der Waals surface area contributed by atoms with Crippen LogP contribution >= 0.6 is 0 Å². The number of nitrogens with zero attached hydrogens (tertiary/aromatic N) is 2. The Morgan fingerprint density at radius 2 is 2.08 bits per heavy atom. The van der Waals surface area contributed by atoms with Crippen molar-refractivity contribution >= 4 is 10.0 Å². The molecule has 1 aliphatic heterocycles. The first-order valence-electron chi connectivity index (χ1n) is 7.83. The van der Waals surface area contributed by atoms with Crippen LogP contribution in [0.25, 0.3) is 0 Å². The third-order valence-electron chi connectivity index (χ3n) is 4.02. The van der Waals surface area contributed by atoms with Crippen LogP contribution in [-0.2, 0) is 21.2 Å². The summed E-state index contributed by atoms with van der Waals surface area (Å²) in [5, 5.41) is 9.79. The average Bonchev–Trinajstić information content (AvgIpc) is 3.01. The molecule has 1 aromatic carbocycles. The normalized spacial score (nSPS) is 18.5. The molecule has 0 aliphatic carbocycles. The highest BCUT2D eigenvalue weighted by Gasteiger charge is 2.25. The number of rotatable bonds is 5. The molecule has 7 nitrogen and oxygen atoms in total. The fourth-order valence-electron chi connectivity index (χ4n) is 2.80. The van der Waals surface area contributed by atoms with Crippen LogP contribution in [0.15, 0.2) is 35.4 Å². The smallest absolute Gasteiger partial charge is 0.255 e. The fourth-order valence-corrected chi connectivity index (χ4v) is 3.52. The zero-order chi connectivity index (χ0) is 17.2. The van der Waals surface area contributed by atoms with Crippen LogP contribution in [0, 0.1) is 0 Å². The minimum absolute atomic E-state index is 0.00193. The van der Waals surface area contributed by atoms with E-state index in [0.717, 1.165) is 30.6 Å². The highest BCUT2D eigenvalue weighted by molar-refractivity contribution is 7.89. The Labute approximate surface area is 141 Å². The van der Waals surface area contributed by atoms with Crippen molar-refractivity contribution in [3.63, 3.8) is 0 Å². The van der Waals surface area contributed by atoms with Gasteiger partial charge in [0.15, 0.2) is 11.3 Å². The van der Waals surface area contributed by atoms with E-state index >= 15 is 0 Å². The molecule has 1 saturated heterocycles. The van der Waals surface area contributed by atoms with E-state index in [1.165, 1.54) is 10.7 Å². The largest absolute Gasteiger partial charge is 0.497 e. The molecule has 1 aliphatic rings. The summed E-state index contributed by atoms with van der Waals surface area (Å²) in [4.78, 5) is 0. The van der Waals surface area contributed by atoms with E-state index in [4.69, 9.17) is 14.6 Å². The summed E-state index contributed by atoms with van der Waals surface area (Å²) in [6, 6.07) is 9.09. The molecule has 2 N–H and O–H groups in total. The second-order valence-corrected chi connectivity index (χ2v) is 7.32. The second-order valence-electron chi connectivity index (χ2n) is 5.81. The molecule has 0 radical (unpaired) electrons. The Hall–Kier alpha value is -1.90. The Morgan fingerprint density at radius 3 is 2.67 bits per heavy atom. The molecule has 8 heteroatoms. The lowest BCUT2D eigenvalue weighted by Gasteiger charge is -2.23. The fraction of sp³-hybridized carbons (Fsp3) is 0.438. The van der Waals surface area contributed by atoms with Crippen LogP contribution in [0.3, 0.4) is 0 Å². The van der Waals surface area contributed by atoms with Crippen molar-refractivity contribution in [3.05, 3.63) is 41.6 Å². The van der Waals surface area contributed by atoms with Gasteiger partial charge >= 0.3 is 0 Å². The molecule has 1 unspecified atom stereocenters. The molecule has 1 atom stereocenters. The van der Waals surface area contributed by atoms with Gasteiger partial charge in [0.1, 0.15) is 5.75 Å². The third-order valence-corrected chi connectivity index (χ3v) is 4.90. The van der Waals surface area contributed by atoms with E-state index < -0.39 is 10.0 Å². The number of nitrogens with two attached hydrogens (primary N) is 1. The molecule has 0 spiro atoms. The lowest BCUT2D eigenvalue weighted by molar-refractivity contribution is -0.0450. The molecule has 24 heavy (non-hydrogen) atoms.